The summed E-state index contributed by atoms with van der Waals surface area (Å²) in [5.74, 6) is 0. The van der Waals surface area contributed by atoms with E-state index in [-0.39, 0.29) is 39.3 Å². The first-order valence-corrected chi connectivity index (χ1v) is 15.9. The van der Waals surface area contributed by atoms with E-state index in [1.165, 1.54) is 0 Å². The molecule has 0 aliphatic heterocycles. The van der Waals surface area contributed by atoms with Crippen molar-refractivity contribution in [3.05, 3.63) is 88.8 Å². The molecule has 0 aliphatic carbocycles. The minimum absolute atomic E-state index is 0.197. The summed E-state index contributed by atoms with van der Waals surface area (Å²) in [5, 5.41) is 0. The van der Waals surface area contributed by atoms with E-state index in [4.69, 9.17) is 0 Å². The summed E-state index contributed by atoms with van der Waals surface area (Å²) in [6.07, 6.45) is 0. The molecule has 0 amide bonds. The van der Waals surface area contributed by atoms with Crippen molar-refractivity contribution < 1.29 is 9.59 Å². The van der Waals surface area contributed by atoms with Crippen LogP contribution in [0.2, 0.25) is 0 Å². The van der Waals surface area contributed by atoms with Crippen molar-refractivity contribution in [1.29, 1.82) is 0 Å². The molecule has 0 fully saturated rings. The Bertz CT molecular complexity index is 1170. The Kier molecular flexibility index (Phi) is 8.88. The Morgan fingerprint density at radius 2 is 0.735 bits per heavy atom. The van der Waals surface area contributed by atoms with Crippen LogP contribution >= 0.6 is 31.9 Å². The van der Waals surface area contributed by atoms with Crippen molar-refractivity contribution in [3.8, 4) is 0 Å². The molecule has 34 heavy (non-hydrogen) atoms. The van der Waals surface area contributed by atoms with E-state index >= 15 is 0 Å². The average molecular weight is 714 g/mol. The van der Waals surface area contributed by atoms with E-state index in [1.54, 1.807) is 0 Å². The second-order valence-corrected chi connectivity index (χ2v) is 14.6. The van der Waals surface area contributed by atoms with E-state index in [1.807, 2.05) is 52.0 Å². The predicted octanol–water partition coefficient (Wildman–Crippen LogP) is 6.02. The molecular weight excluding hydrogens is 686 g/mol. The van der Waals surface area contributed by atoms with Gasteiger partial charge >= 0.3 is 234 Å². The minimum atomic E-state index is -0.315. The van der Waals surface area contributed by atoms with Gasteiger partial charge in [-0.25, -0.2) is 0 Å². The third-order valence-electron chi connectivity index (χ3n) is 6.72. The normalized spacial score (nSPS) is 11.1. The molecule has 0 bridgehead atoms. The van der Waals surface area contributed by atoms with E-state index in [0.29, 0.717) is 0 Å². The summed E-state index contributed by atoms with van der Waals surface area (Å²) in [6, 6.07) is 8.07. The van der Waals surface area contributed by atoms with Crippen molar-refractivity contribution in [1.82, 2.24) is 0 Å². The second kappa shape index (κ2) is 10.9. The summed E-state index contributed by atoms with van der Waals surface area (Å²) < 4.78 is 4.63. The molecule has 3 aromatic rings. The molecular formula is C28H28Br2O2Se2. The van der Waals surface area contributed by atoms with Gasteiger partial charge in [-0.05, 0) is 0 Å². The average Bonchev–Trinajstić information content (AvgIpc) is 2.80. The number of carbonyl (C=O) groups excluding carboxylic acids is 2. The van der Waals surface area contributed by atoms with E-state index in [2.05, 4.69) is 59.6 Å². The van der Waals surface area contributed by atoms with Gasteiger partial charge in [0.2, 0.25) is 0 Å². The molecule has 0 radical (unpaired) electrons. The number of carbonyl (C=O) groups is 2. The molecule has 0 aliphatic rings. The van der Waals surface area contributed by atoms with Crippen LogP contribution in [0.1, 0.15) is 65.2 Å². The van der Waals surface area contributed by atoms with E-state index in [0.717, 1.165) is 73.5 Å². The van der Waals surface area contributed by atoms with Crippen LogP contribution in [-0.4, -0.2) is 39.3 Å². The molecule has 0 atom stereocenters. The Balaban J connectivity index is 1.81. The molecule has 0 N–H and O–H groups in total. The number of rotatable bonds is 6. The van der Waals surface area contributed by atoms with Gasteiger partial charge in [-0.15, -0.1) is 0 Å². The van der Waals surface area contributed by atoms with Crippen LogP contribution in [0.5, 0.6) is 0 Å². The molecule has 3 aromatic carbocycles. The molecule has 0 saturated heterocycles. The maximum atomic E-state index is 13.2. The van der Waals surface area contributed by atoms with Gasteiger partial charge in [0.05, 0.1) is 0 Å². The van der Waals surface area contributed by atoms with Gasteiger partial charge in [0.1, 0.15) is 0 Å². The first-order chi connectivity index (χ1) is 15.9. The topological polar surface area (TPSA) is 34.1 Å². The fourth-order valence-electron chi connectivity index (χ4n) is 4.04. The van der Waals surface area contributed by atoms with E-state index < -0.39 is 0 Å². The zero-order valence-electron chi connectivity index (χ0n) is 20.7. The standard InChI is InChI=1S/C28H28Br2O2Se2/c1-13-17(5)25(29)18(6)14(2)23(13)27(31)33-21-9-11-22(12-10-21)34-28(32)24-15(3)19(7)26(30)20(8)16(24)4/h9-12H,1-8H3. The molecule has 0 spiro atoms. The van der Waals surface area contributed by atoms with Gasteiger partial charge in [0.25, 0.3) is 0 Å². The van der Waals surface area contributed by atoms with E-state index in [9.17, 15) is 9.59 Å². The molecule has 0 unspecified atom stereocenters. The summed E-state index contributed by atoms with van der Waals surface area (Å²) in [7, 11) is 0. The van der Waals surface area contributed by atoms with Crippen molar-refractivity contribution in [2.24, 2.45) is 0 Å². The van der Waals surface area contributed by atoms with Crippen molar-refractivity contribution in [2.75, 3.05) is 0 Å². The number of halogens is 2. The van der Waals surface area contributed by atoms with Crippen LogP contribution in [0.3, 0.4) is 0 Å². The van der Waals surface area contributed by atoms with Crippen LogP contribution < -0.4 is 8.92 Å². The Hall–Kier alpha value is -1.00. The Labute approximate surface area is 232 Å². The molecule has 3 rings (SSSR count). The van der Waals surface area contributed by atoms with Crippen LogP contribution in [0, 0.1) is 55.4 Å². The number of benzene rings is 3. The first kappa shape index (κ1) is 27.6. The van der Waals surface area contributed by atoms with Crippen molar-refractivity contribution in [2.45, 2.75) is 55.4 Å². The van der Waals surface area contributed by atoms with Gasteiger partial charge < -0.3 is 0 Å². The maximum absolute atomic E-state index is 13.2. The predicted molar refractivity (Wildman–Crippen MR) is 152 cm³/mol. The van der Waals surface area contributed by atoms with Crippen molar-refractivity contribution >= 4 is 80.1 Å². The van der Waals surface area contributed by atoms with Crippen LogP contribution in [0.15, 0.2) is 33.2 Å². The monoisotopic (exact) mass is 714 g/mol. The van der Waals surface area contributed by atoms with Crippen molar-refractivity contribution in [3.63, 3.8) is 0 Å². The molecule has 2 nitrogen and oxygen atoms in total. The zero-order chi connectivity index (χ0) is 25.5. The quantitative estimate of drug-likeness (QED) is 0.293. The van der Waals surface area contributed by atoms with Crippen LogP contribution in [0.25, 0.3) is 0 Å². The third-order valence-corrected chi connectivity index (χ3v) is 12.9. The summed E-state index contributed by atoms with van der Waals surface area (Å²) in [4.78, 5) is 26.5. The fraction of sp³-hybridized carbons (Fsp3) is 0.286. The Morgan fingerprint density at radius 3 is 0.971 bits per heavy atom. The molecule has 0 saturated carbocycles. The van der Waals surface area contributed by atoms with Gasteiger partial charge in [0.15, 0.2) is 0 Å². The van der Waals surface area contributed by atoms with Crippen LogP contribution in [0.4, 0.5) is 0 Å². The molecule has 6 heteroatoms. The summed E-state index contributed by atoms with van der Waals surface area (Å²) in [5.41, 5.74) is 10.4. The number of hydrogen-bond acceptors (Lipinski definition) is 2. The fourth-order valence-corrected chi connectivity index (χ4v) is 8.98. The number of hydrogen-bond donors (Lipinski definition) is 0. The first-order valence-electron chi connectivity index (χ1n) is 10.9. The summed E-state index contributed by atoms with van der Waals surface area (Å²) in [6.45, 7) is 16.3. The molecule has 0 heterocycles. The molecule has 0 aromatic heterocycles. The van der Waals surface area contributed by atoms with Gasteiger partial charge in [0, 0.05) is 0 Å². The third kappa shape index (κ3) is 5.24. The zero-order valence-corrected chi connectivity index (χ0v) is 27.3. The SMILES string of the molecule is Cc1c(C)c(C(=O)[Se]c2ccc([Se]C(=O)c3c(C)c(C)c(Br)c(C)c3C)cc2)c(C)c(C)c1Br. The van der Waals surface area contributed by atoms with Crippen LogP contribution in [-0.2, 0) is 0 Å². The Morgan fingerprint density at radius 1 is 0.500 bits per heavy atom. The second-order valence-electron chi connectivity index (χ2n) is 8.63. The van der Waals surface area contributed by atoms with Gasteiger partial charge in [-0.3, -0.25) is 0 Å². The molecule has 178 valence electrons. The van der Waals surface area contributed by atoms with Gasteiger partial charge in [-0.1, -0.05) is 0 Å². The van der Waals surface area contributed by atoms with Gasteiger partial charge in [-0.2, -0.15) is 0 Å². The summed E-state index contributed by atoms with van der Waals surface area (Å²) >= 11 is 6.69.